The van der Waals surface area contributed by atoms with Crippen LogP contribution in [0.3, 0.4) is 0 Å². The third-order valence-electron chi connectivity index (χ3n) is 4.81. The van der Waals surface area contributed by atoms with Gasteiger partial charge in [0.1, 0.15) is 5.69 Å². The van der Waals surface area contributed by atoms with Crippen LogP contribution in [-0.2, 0) is 17.7 Å². The van der Waals surface area contributed by atoms with Gasteiger partial charge in [0, 0.05) is 25.7 Å². The molecule has 3 heterocycles. The molecule has 1 saturated heterocycles. The first-order valence-electron chi connectivity index (χ1n) is 8.89. The Balaban J connectivity index is 1.89. The summed E-state index contributed by atoms with van der Waals surface area (Å²) in [5.74, 6) is 0.140. The van der Waals surface area contributed by atoms with E-state index < -0.39 is 0 Å². The van der Waals surface area contributed by atoms with Gasteiger partial charge in [-0.05, 0) is 32.6 Å². The number of morpholine rings is 1. The summed E-state index contributed by atoms with van der Waals surface area (Å²) in [5.41, 5.74) is 1.32. The fraction of sp³-hybridized carbons (Fsp3) is 0.706. The van der Waals surface area contributed by atoms with Crippen molar-refractivity contribution in [2.24, 2.45) is 0 Å². The molecule has 0 aromatic carbocycles. The number of carbonyl (C=O) groups excluding carboxylic acids is 2. The molecule has 0 spiro atoms. The van der Waals surface area contributed by atoms with Crippen molar-refractivity contribution in [2.45, 2.75) is 52.1 Å². The van der Waals surface area contributed by atoms with Crippen molar-refractivity contribution >= 4 is 11.8 Å². The van der Waals surface area contributed by atoms with Crippen molar-refractivity contribution in [3.8, 4) is 0 Å². The third-order valence-corrected chi connectivity index (χ3v) is 4.81. The van der Waals surface area contributed by atoms with Crippen LogP contribution in [0.25, 0.3) is 0 Å². The minimum absolute atomic E-state index is 0.0935. The number of rotatable bonds is 4. The molecule has 1 aromatic rings. The summed E-state index contributed by atoms with van der Waals surface area (Å²) in [4.78, 5) is 31.6. The van der Waals surface area contributed by atoms with Crippen molar-refractivity contribution in [2.75, 3.05) is 26.3 Å². The fourth-order valence-electron chi connectivity index (χ4n) is 3.19. The van der Waals surface area contributed by atoms with Crippen molar-refractivity contribution in [3.63, 3.8) is 0 Å². The predicted molar refractivity (Wildman–Crippen MR) is 89.1 cm³/mol. The molecule has 24 heavy (non-hydrogen) atoms. The molecule has 1 unspecified atom stereocenters. The zero-order chi connectivity index (χ0) is 17.1. The van der Waals surface area contributed by atoms with E-state index in [0.717, 1.165) is 37.9 Å². The predicted octanol–water partition coefficient (Wildman–Crippen LogP) is 1.22. The van der Waals surface area contributed by atoms with E-state index in [1.807, 2.05) is 18.4 Å². The molecule has 2 aliphatic heterocycles. The van der Waals surface area contributed by atoms with Crippen LogP contribution in [0.15, 0.2) is 0 Å². The van der Waals surface area contributed by atoms with Crippen LogP contribution in [0.2, 0.25) is 0 Å². The van der Waals surface area contributed by atoms with Gasteiger partial charge in [-0.1, -0.05) is 6.92 Å². The highest BCUT2D eigenvalue weighted by Crippen LogP contribution is 2.22. The molecule has 7 heteroatoms. The Bertz CT molecular complexity index is 620. The summed E-state index contributed by atoms with van der Waals surface area (Å²) in [6.07, 6.45) is 3.70. The highest BCUT2D eigenvalue weighted by Gasteiger charge is 2.30. The number of hydrogen-bond acceptors (Lipinski definition) is 4. The number of ether oxygens (including phenoxy) is 1. The van der Waals surface area contributed by atoms with Crippen LogP contribution < -0.4 is 5.32 Å². The molecular formula is C17H26N4O3. The first kappa shape index (κ1) is 17.0. The molecule has 2 aliphatic rings. The summed E-state index contributed by atoms with van der Waals surface area (Å²) in [5, 5.41) is 2.97. The highest BCUT2D eigenvalue weighted by molar-refractivity contribution is 5.97. The van der Waals surface area contributed by atoms with E-state index in [0.29, 0.717) is 37.8 Å². The largest absolute Gasteiger partial charge is 0.378 e. The number of imidazole rings is 1. The first-order valence-corrected chi connectivity index (χ1v) is 8.89. The second-order valence-corrected chi connectivity index (χ2v) is 6.53. The van der Waals surface area contributed by atoms with E-state index in [1.165, 1.54) is 0 Å². The van der Waals surface area contributed by atoms with Gasteiger partial charge in [0.15, 0.2) is 5.82 Å². The normalized spacial score (nSPS) is 18.8. The van der Waals surface area contributed by atoms with Gasteiger partial charge in [-0.3, -0.25) is 9.59 Å². The van der Waals surface area contributed by atoms with E-state index >= 15 is 0 Å². The highest BCUT2D eigenvalue weighted by atomic mass is 16.5. The fourth-order valence-corrected chi connectivity index (χ4v) is 3.19. The summed E-state index contributed by atoms with van der Waals surface area (Å²) in [6.45, 7) is 7.03. The minimum Gasteiger partial charge on any atom is -0.378 e. The standard InChI is InChI=1S/C17H26N4O3/c1-3-12(2)18-16(22)14-13-6-4-5-7-21(13)15(19-14)17(23)20-8-10-24-11-9-20/h12H,3-11H2,1-2H3,(H,18,22). The number of fused-ring (bicyclic) bond motifs is 1. The maximum Gasteiger partial charge on any atom is 0.290 e. The minimum atomic E-state index is -0.170. The van der Waals surface area contributed by atoms with Crippen LogP contribution >= 0.6 is 0 Å². The maximum absolute atomic E-state index is 12.8. The zero-order valence-corrected chi connectivity index (χ0v) is 14.5. The Morgan fingerprint density at radius 1 is 1.25 bits per heavy atom. The van der Waals surface area contributed by atoms with E-state index in [9.17, 15) is 9.59 Å². The summed E-state index contributed by atoms with van der Waals surface area (Å²) < 4.78 is 7.26. The van der Waals surface area contributed by atoms with Gasteiger partial charge in [0.2, 0.25) is 0 Å². The van der Waals surface area contributed by atoms with Gasteiger partial charge in [0.05, 0.1) is 18.9 Å². The lowest BCUT2D eigenvalue weighted by atomic mass is 10.1. The number of nitrogens with zero attached hydrogens (tertiary/aromatic N) is 3. The molecule has 2 amide bonds. The Kier molecular flexibility index (Phi) is 5.18. The average molecular weight is 334 g/mol. The third kappa shape index (κ3) is 3.31. The number of aromatic nitrogens is 2. The van der Waals surface area contributed by atoms with Gasteiger partial charge in [-0.25, -0.2) is 4.98 Å². The molecule has 1 N–H and O–H groups in total. The molecular weight excluding hydrogens is 308 g/mol. The maximum atomic E-state index is 12.8. The van der Waals surface area contributed by atoms with E-state index in [2.05, 4.69) is 10.3 Å². The number of amides is 2. The molecule has 1 atom stereocenters. The van der Waals surface area contributed by atoms with Gasteiger partial charge in [0.25, 0.3) is 11.8 Å². The second kappa shape index (κ2) is 7.34. The monoisotopic (exact) mass is 334 g/mol. The SMILES string of the molecule is CCC(C)NC(=O)c1nc(C(=O)N2CCOCC2)n2c1CCCC2. The summed E-state index contributed by atoms with van der Waals surface area (Å²) >= 11 is 0. The molecule has 7 nitrogen and oxygen atoms in total. The second-order valence-electron chi connectivity index (χ2n) is 6.53. The number of nitrogens with one attached hydrogen (secondary N) is 1. The van der Waals surface area contributed by atoms with Crippen molar-refractivity contribution in [3.05, 3.63) is 17.2 Å². The molecule has 3 rings (SSSR count). The lowest BCUT2D eigenvalue weighted by Gasteiger charge is -2.27. The van der Waals surface area contributed by atoms with Crippen LogP contribution in [0.4, 0.5) is 0 Å². The molecule has 0 bridgehead atoms. The summed E-state index contributed by atoms with van der Waals surface area (Å²) in [6, 6.07) is 0.0943. The average Bonchev–Trinajstić information content (AvgIpc) is 3.01. The van der Waals surface area contributed by atoms with Gasteiger partial charge in [-0.15, -0.1) is 0 Å². The Morgan fingerprint density at radius 3 is 2.71 bits per heavy atom. The van der Waals surface area contributed by atoms with Crippen LogP contribution in [0.1, 0.15) is 59.9 Å². The van der Waals surface area contributed by atoms with Gasteiger partial charge < -0.3 is 19.5 Å². The molecule has 132 valence electrons. The van der Waals surface area contributed by atoms with Crippen LogP contribution in [0.5, 0.6) is 0 Å². The van der Waals surface area contributed by atoms with Gasteiger partial charge >= 0.3 is 0 Å². The van der Waals surface area contributed by atoms with Crippen LogP contribution in [0, 0.1) is 0 Å². The van der Waals surface area contributed by atoms with E-state index in [1.54, 1.807) is 4.90 Å². The van der Waals surface area contributed by atoms with E-state index in [4.69, 9.17) is 4.74 Å². The lowest BCUT2D eigenvalue weighted by molar-refractivity contribution is 0.0291. The Hall–Kier alpha value is -1.89. The quantitative estimate of drug-likeness (QED) is 0.898. The molecule has 0 aliphatic carbocycles. The van der Waals surface area contributed by atoms with Crippen molar-refractivity contribution < 1.29 is 14.3 Å². The smallest absolute Gasteiger partial charge is 0.290 e. The van der Waals surface area contributed by atoms with E-state index in [-0.39, 0.29) is 17.9 Å². The summed E-state index contributed by atoms with van der Waals surface area (Å²) in [7, 11) is 0. The zero-order valence-electron chi connectivity index (χ0n) is 14.5. The molecule has 0 radical (unpaired) electrons. The molecule has 1 fully saturated rings. The Morgan fingerprint density at radius 2 is 2.00 bits per heavy atom. The van der Waals surface area contributed by atoms with Gasteiger partial charge in [-0.2, -0.15) is 0 Å². The first-order chi connectivity index (χ1) is 11.6. The number of carbonyl (C=O) groups is 2. The topological polar surface area (TPSA) is 76.5 Å². The Labute approximate surface area is 142 Å². The van der Waals surface area contributed by atoms with Crippen LogP contribution in [-0.4, -0.2) is 58.6 Å². The van der Waals surface area contributed by atoms with Crippen molar-refractivity contribution in [1.29, 1.82) is 0 Å². The molecule has 0 saturated carbocycles. The molecule has 1 aromatic heterocycles. The number of hydrogen-bond donors (Lipinski definition) is 1. The lowest BCUT2D eigenvalue weighted by Crippen LogP contribution is -2.42. The van der Waals surface area contributed by atoms with Crippen molar-refractivity contribution in [1.82, 2.24) is 19.8 Å².